The number of nitrogens with one attached hydrogen (secondary N) is 1. The zero-order chi connectivity index (χ0) is 22.3. The maximum atomic E-state index is 12.5. The number of anilines is 1. The standard InChI is InChI=1S/C23H20N4O4S/c24-10-8-19-18-9-12-27(23(29)31-15-16-4-1-2-11-25-16)14-20(18)32-22(19)26-21(28)7-6-17-5-3-13-30-17/h1-7,11,13H,8-9,12,14-15H2,(H,26,28). The number of ether oxygens (including phenoxy) is 1. The molecule has 1 aliphatic heterocycles. The molecule has 0 radical (unpaired) electrons. The number of carbonyl (C=O) groups is 2. The minimum Gasteiger partial charge on any atom is -0.465 e. The molecule has 0 atom stereocenters. The van der Waals surface area contributed by atoms with Crippen molar-refractivity contribution < 1.29 is 18.7 Å². The van der Waals surface area contributed by atoms with Crippen LogP contribution >= 0.6 is 11.3 Å². The molecule has 0 aliphatic carbocycles. The number of pyridine rings is 1. The number of hydrogen-bond acceptors (Lipinski definition) is 7. The van der Waals surface area contributed by atoms with Crippen molar-refractivity contribution in [2.45, 2.75) is 26.0 Å². The monoisotopic (exact) mass is 448 g/mol. The van der Waals surface area contributed by atoms with Crippen LogP contribution in [0.5, 0.6) is 0 Å². The summed E-state index contributed by atoms with van der Waals surface area (Å²) >= 11 is 1.39. The Bertz CT molecular complexity index is 1160. The number of amides is 2. The van der Waals surface area contributed by atoms with Crippen LogP contribution in [0.2, 0.25) is 0 Å². The molecule has 32 heavy (non-hydrogen) atoms. The molecule has 0 spiro atoms. The second kappa shape index (κ2) is 9.94. The van der Waals surface area contributed by atoms with Gasteiger partial charge in [-0.15, -0.1) is 11.3 Å². The highest BCUT2D eigenvalue weighted by Gasteiger charge is 2.28. The Hall–Kier alpha value is -3.90. The fourth-order valence-electron chi connectivity index (χ4n) is 3.40. The van der Waals surface area contributed by atoms with Crippen molar-refractivity contribution in [3.05, 3.63) is 76.3 Å². The fraction of sp³-hybridized carbons (Fsp3) is 0.217. The third-order valence-electron chi connectivity index (χ3n) is 4.93. The predicted molar refractivity (Wildman–Crippen MR) is 119 cm³/mol. The molecule has 1 aliphatic rings. The van der Waals surface area contributed by atoms with Gasteiger partial charge in [-0.25, -0.2) is 4.79 Å². The molecule has 0 fully saturated rings. The minimum absolute atomic E-state index is 0.108. The highest BCUT2D eigenvalue weighted by molar-refractivity contribution is 7.16. The fourth-order valence-corrected chi connectivity index (χ4v) is 4.69. The molecule has 2 amide bonds. The van der Waals surface area contributed by atoms with Crippen LogP contribution in [0.4, 0.5) is 9.80 Å². The van der Waals surface area contributed by atoms with Crippen LogP contribution in [0.25, 0.3) is 6.08 Å². The Balaban J connectivity index is 1.43. The summed E-state index contributed by atoms with van der Waals surface area (Å²) in [6.07, 6.45) is 6.51. The molecule has 4 heterocycles. The molecule has 3 aromatic rings. The van der Waals surface area contributed by atoms with E-state index in [1.54, 1.807) is 41.4 Å². The summed E-state index contributed by atoms with van der Waals surface area (Å²) in [6.45, 7) is 0.961. The molecule has 0 aromatic carbocycles. The summed E-state index contributed by atoms with van der Waals surface area (Å²) in [5, 5.41) is 12.8. The van der Waals surface area contributed by atoms with Crippen LogP contribution in [0, 0.1) is 11.3 Å². The maximum Gasteiger partial charge on any atom is 0.410 e. The molecular formula is C23H20N4O4S. The summed E-state index contributed by atoms with van der Waals surface area (Å²) in [4.78, 5) is 31.6. The van der Waals surface area contributed by atoms with Crippen molar-refractivity contribution in [1.82, 2.24) is 9.88 Å². The Morgan fingerprint density at radius 2 is 2.25 bits per heavy atom. The van der Waals surface area contributed by atoms with Gasteiger partial charge in [-0.2, -0.15) is 5.26 Å². The number of furan rings is 1. The van der Waals surface area contributed by atoms with Gasteiger partial charge in [0.15, 0.2) is 0 Å². The van der Waals surface area contributed by atoms with E-state index in [1.165, 1.54) is 23.7 Å². The average molecular weight is 449 g/mol. The van der Waals surface area contributed by atoms with Crippen LogP contribution in [0.15, 0.2) is 53.3 Å². The number of hydrogen-bond donors (Lipinski definition) is 1. The molecule has 4 rings (SSSR count). The van der Waals surface area contributed by atoms with E-state index in [0.717, 1.165) is 16.0 Å². The molecule has 3 aromatic heterocycles. The lowest BCUT2D eigenvalue weighted by Crippen LogP contribution is -2.35. The third kappa shape index (κ3) is 5.04. The molecule has 0 saturated carbocycles. The van der Waals surface area contributed by atoms with Gasteiger partial charge < -0.3 is 19.4 Å². The smallest absolute Gasteiger partial charge is 0.410 e. The van der Waals surface area contributed by atoms with E-state index in [4.69, 9.17) is 9.15 Å². The summed E-state index contributed by atoms with van der Waals surface area (Å²) in [7, 11) is 0. The van der Waals surface area contributed by atoms with E-state index in [-0.39, 0.29) is 18.9 Å². The summed E-state index contributed by atoms with van der Waals surface area (Å²) in [6, 6.07) is 11.1. The van der Waals surface area contributed by atoms with Crippen molar-refractivity contribution in [3.8, 4) is 6.07 Å². The molecule has 8 nitrogen and oxygen atoms in total. The van der Waals surface area contributed by atoms with Gasteiger partial charge in [-0.05, 0) is 42.3 Å². The summed E-state index contributed by atoms with van der Waals surface area (Å²) in [5.74, 6) is 0.258. The largest absolute Gasteiger partial charge is 0.465 e. The quantitative estimate of drug-likeness (QED) is 0.568. The number of thiophene rings is 1. The molecular weight excluding hydrogens is 428 g/mol. The van der Waals surface area contributed by atoms with Crippen molar-refractivity contribution in [2.24, 2.45) is 0 Å². The minimum atomic E-state index is -0.413. The lowest BCUT2D eigenvalue weighted by atomic mass is 10.0. The van der Waals surface area contributed by atoms with E-state index < -0.39 is 6.09 Å². The van der Waals surface area contributed by atoms with Gasteiger partial charge in [-0.3, -0.25) is 9.78 Å². The molecule has 162 valence electrons. The lowest BCUT2D eigenvalue weighted by Gasteiger charge is -2.26. The van der Waals surface area contributed by atoms with Gasteiger partial charge in [-0.1, -0.05) is 6.07 Å². The number of fused-ring (bicyclic) bond motifs is 1. The van der Waals surface area contributed by atoms with E-state index in [9.17, 15) is 14.9 Å². The number of aromatic nitrogens is 1. The number of nitrogens with zero attached hydrogens (tertiary/aromatic N) is 3. The lowest BCUT2D eigenvalue weighted by molar-refractivity contribution is -0.111. The second-order valence-electron chi connectivity index (χ2n) is 7.03. The SMILES string of the molecule is N#CCc1c(NC(=O)C=Cc2ccco2)sc2c1CCN(C(=O)OCc1ccccn1)C2. The van der Waals surface area contributed by atoms with Crippen LogP contribution < -0.4 is 5.32 Å². The van der Waals surface area contributed by atoms with E-state index >= 15 is 0 Å². The first-order valence-corrected chi connectivity index (χ1v) is 10.8. The molecule has 9 heteroatoms. The normalized spacial score (nSPS) is 12.9. The van der Waals surface area contributed by atoms with Gasteiger partial charge in [0.2, 0.25) is 5.91 Å². The van der Waals surface area contributed by atoms with Crippen LogP contribution in [-0.4, -0.2) is 28.4 Å². The molecule has 1 N–H and O–H groups in total. The predicted octanol–water partition coefficient (Wildman–Crippen LogP) is 4.15. The zero-order valence-electron chi connectivity index (χ0n) is 17.1. The van der Waals surface area contributed by atoms with Gasteiger partial charge in [0.05, 0.1) is 31.0 Å². The van der Waals surface area contributed by atoms with Crippen molar-refractivity contribution in [2.75, 3.05) is 11.9 Å². The van der Waals surface area contributed by atoms with Crippen molar-refractivity contribution in [3.63, 3.8) is 0 Å². The third-order valence-corrected chi connectivity index (χ3v) is 6.10. The number of nitriles is 1. The van der Waals surface area contributed by atoms with Crippen molar-refractivity contribution in [1.29, 1.82) is 5.26 Å². The molecule has 0 bridgehead atoms. The molecule has 0 unspecified atom stereocenters. The topological polar surface area (TPSA) is 108 Å². The Morgan fingerprint density at radius 1 is 1.34 bits per heavy atom. The Morgan fingerprint density at radius 3 is 3.00 bits per heavy atom. The number of carbonyl (C=O) groups excluding carboxylic acids is 2. The zero-order valence-corrected chi connectivity index (χ0v) is 17.9. The van der Waals surface area contributed by atoms with E-state index in [2.05, 4.69) is 16.4 Å². The molecule has 0 saturated heterocycles. The highest BCUT2D eigenvalue weighted by Crippen LogP contribution is 2.37. The van der Waals surface area contributed by atoms with Gasteiger partial charge >= 0.3 is 6.09 Å². The Kier molecular flexibility index (Phi) is 6.63. The van der Waals surface area contributed by atoms with Crippen LogP contribution in [-0.2, 0) is 35.5 Å². The van der Waals surface area contributed by atoms with Crippen LogP contribution in [0.3, 0.4) is 0 Å². The summed E-state index contributed by atoms with van der Waals surface area (Å²) in [5.41, 5.74) is 2.52. The maximum absolute atomic E-state index is 12.5. The first kappa shape index (κ1) is 21.3. The second-order valence-corrected chi connectivity index (χ2v) is 8.14. The first-order chi connectivity index (χ1) is 15.6. The number of rotatable bonds is 6. The van der Waals surface area contributed by atoms with Gasteiger partial charge in [0.25, 0.3) is 0 Å². The van der Waals surface area contributed by atoms with Crippen LogP contribution in [0.1, 0.15) is 27.5 Å². The highest BCUT2D eigenvalue weighted by atomic mass is 32.1. The van der Waals surface area contributed by atoms with Gasteiger partial charge in [0.1, 0.15) is 17.4 Å². The first-order valence-electron chi connectivity index (χ1n) is 9.98. The van der Waals surface area contributed by atoms with E-state index in [1.807, 2.05) is 6.07 Å². The Labute approximate surface area is 188 Å². The van der Waals surface area contributed by atoms with E-state index in [0.29, 0.717) is 36.0 Å². The summed E-state index contributed by atoms with van der Waals surface area (Å²) < 4.78 is 10.6. The van der Waals surface area contributed by atoms with Gasteiger partial charge in [0, 0.05) is 29.3 Å². The average Bonchev–Trinajstić information content (AvgIpc) is 3.45. The van der Waals surface area contributed by atoms with Crippen molar-refractivity contribution >= 4 is 34.4 Å².